The summed E-state index contributed by atoms with van der Waals surface area (Å²) in [6, 6.07) is 12.6. The number of allylic oxidation sites excluding steroid dienone is 1. The van der Waals surface area contributed by atoms with Gasteiger partial charge >= 0.3 is 0 Å². The zero-order chi connectivity index (χ0) is 12.5. The van der Waals surface area contributed by atoms with Crippen LogP contribution in [0.4, 0.5) is 4.39 Å². The Balaban J connectivity index is 1.89. The van der Waals surface area contributed by atoms with E-state index in [4.69, 9.17) is 11.6 Å². The monoisotopic (exact) mass is 258 g/mol. The van der Waals surface area contributed by atoms with Gasteiger partial charge in [0, 0.05) is 5.02 Å². The Labute approximate surface area is 111 Å². The van der Waals surface area contributed by atoms with Crippen molar-refractivity contribution in [2.45, 2.75) is 12.8 Å². The summed E-state index contributed by atoms with van der Waals surface area (Å²) in [5.74, 6) is -0.199. The van der Waals surface area contributed by atoms with Gasteiger partial charge in [0.2, 0.25) is 0 Å². The van der Waals surface area contributed by atoms with Crippen molar-refractivity contribution in [2.24, 2.45) is 0 Å². The van der Waals surface area contributed by atoms with Gasteiger partial charge in [-0.25, -0.2) is 4.39 Å². The highest BCUT2D eigenvalue weighted by Gasteiger charge is 2.17. The van der Waals surface area contributed by atoms with Crippen molar-refractivity contribution in [2.75, 3.05) is 0 Å². The molecule has 0 aliphatic heterocycles. The van der Waals surface area contributed by atoms with Crippen LogP contribution in [0.3, 0.4) is 0 Å². The number of halogens is 2. The second-order valence-electron chi connectivity index (χ2n) is 4.59. The third kappa shape index (κ3) is 2.19. The molecule has 2 aromatic carbocycles. The molecular formula is C16H12ClF. The van der Waals surface area contributed by atoms with Crippen LogP contribution in [0, 0.1) is 5.82 Å². The second-order valence-corrected chi connectivity index (χ2v) is 4.99. The maximum atomic E-state index is 12.8. The maximum Gasteiger partial charge on any atom is 0.123 e. The molecule has 1 aliphatic rings. The summed E-state index contributed by atoms with van der Waals surface area (Å²) in [6.45, 7) is 0. The van der Waals surface area contributed by atoms with Gasteiger partial charge in [-0.05, 0) is 47.7 Å². The third-order valence-corrected chi connectivity index (χ3v) is 3.63. The first-order chi connectivity index (χ1) is 8.72. The van der Waals surface area contributed by atoms with Crippen LogP contribution < -0.4 is 0 Å². The molecule has 0 saturated carbocycles. The first kappa shape index (κ1) is 11.5. The van der Waals surface area contributed by atoms with E-state index < -0.39 is 0 Å². The molecule has 2 heteroatoms. The molecule has 1 aliphatic carbocycles. The molecule has 0 bridgehead atoms. The molecule has 3 rings (SSSR count). The molecule has 0 nitrogen and oxygen atoms in total. The quantitative estimate of drug-likeness (QED) is 0.698. The van der Waals surface area contributed by atoms with Crippen LogP contribution in [-0.4, -0.2) is 0 Å². The van der Waals surface area contributed by atoms with Crippen molar-refractivity contribution in [1.29, 1.82) is 0 Å². The van der Waals surface area contributed by atoms with E-state index in [1.165, 1.54) is 28.8 Å². The van der Waals surface area contributed by atoms with Gasteiger partial charge in [-0.2, -0.15) is 0 Å². The van der Waals surface area contributed by atoms with Gasteiger partial charge in [-0.15, -0.1) is 0 Å². The molecule has 0 heterocycles. The lowest BCUT2D eigenvalue weighted by Crippen LogP contribution is -1.82. The SMILES string of the molecule is Fc1ccc(/C=C2\Cc3cccc(Cl)c3C2)cc1. The Kier molecular flexibility index (Phi) is 2.92. The van der Waals surface area contributed by atoms with Crippen LogP contribution in [0.5, 0.6) is 0 Å². The topological polar surface area (TPSA) is 0 Å². The summed E-state index contributed by atoms with van der Waals surface area (Å²) in [4.78, 5) is 0. The fourth-order valence-corrected chi connectivity index (χ4v) is 2.66. The van der Waals surface area contributed by atoms with Crippen molar-refractivity contribution in [3.05, 3.63) is 75.6 Å². The maximum absolute atomic E-state index is 12.8. The van der Waals surface area contributed by atoms with Crippen molar-refractivity contribution < 1.29 is 4.39 Å². The van der Waals surface area contributed by atoms with Crippen LogP contribution in [-0.2, 0) is 12.8 Å². The van der Waals surface area contributed by atoms with Gasteiger partial charge in [-0.3, -0.25) is 0 Å². The Morgan fingerprint density at radius 3 is 2.50 bits per heavy atom. The van der Waals surface area contributed by atoms with Crippen molar-refractivity contribution >= 4 is 17.7 Å². The summed E-state index contributed by atoms with van der Waals surface area (Å²) in [7, 11) is 0. The van der Waals surface area contributed by atoms with Gasteiger partial charge in [0.25, 0.3) is 0 Å². The van der Waals surface area contributed by atoms with Crippen LogP contribution in [0.25, 0.3) is 6.08 Å². The summed E-state index contributed by atoms with van der Waals surface area (Å²) in [5, 5.41) is 0.843. The Morgan fingerprint density at radius 2 is 1.78 bits per heavy atom. The summed E-state index contributed by atoms with van der Waals surface area (Å²) >= 11 is 6.18. The van der Waals surface area contributed by atoms with Gasteiger partial charge in [-0.1, -0.05) is 47.5 Å². The lowest BCUT2D eigenvalue weighted by molar-refractivity contribution is 0.628. The summed E-state index contributed by atoms with van der Waals surface area (Å²) < 4.78 is 12.8. The van der Waals surface area contributed by atoms with E-state index >= 15 is 0 Å². The van der Waals surface area contributed by atoms with E-state index in [1.807, 2.05) is 12.1 Å². The standard InChI is InChI=1S/C16H12ClF/c17-16-3-1-2-13-9-12(10-15(13)16)8-11-4-6-14(18)7-5-11/h1-8H,9-10H2/b12-8+. The number of hydrogen-bond donors (Lipinski definition) is 0. The third-order valence-electron chi connectivity index (χ3n) is 3.28. The van der Waals surface area contributed by atoms with Gasteiger partial charge in [0.1, 0.15) is 5.82 Å². The summed E-state index contributed by atoms with van der Waals surface area (Å²) in [6.07, 6.45) is 3.95. The van der Waals surface area contributed by atoms with Crippen molar-refractivity contribution in [3.8, 4) is 0 Å². The van der Waals surface area contributed by atoms with E-state index in [2.05, 4.69) is 12.1 Å². The predicted molar refractivity (Wildman–Crippen MR) is 73.2 cm³/mol. The fourth-order valence-electron chi connectivity index (χ4n) is 2.40. The number of fused-ring (bicyclic) bond motifs is 1. The zero-order valence-electron chi connectivity index (χ0n) is 9.79. The molecule has 0 spiro atoms. The van der Waals surface area contributed by atoms with E-state index in [9.17, 15) is 4.39 Å². The minimum absolute atomic E-state index is 0.199. The molecule has 2 aromatic rings. The molecule has 90 valence electrons. The molecule has 0 fully saturated rings. The largest absolute Gasteiger partial charge is 0.207 e. The molecular weight excluding hydrogens is 247 g/mol. The Bertz CT molecular complexity index is 611. The molecule has 0 unspecified atom stereocenters. The average Bonchev–Trinajstić information content (AvgIpc) is 2.76. The average molecular weight is 259 g/mol. The predicted octanol–water partition coefficient (Wildman–Crippen LogP) is 4.66. The number of benzene rings is 2. The Hall–Kier alpha value is -1.60. The highest BCUT2D eigenvalue weighted by Crippen LogP contribution is 2.32. The molecule has 0 saturated heterocycles. The minimum Gasteiger partial charge on any atom is -0.207 e. The van der Waals surface area contributed by atoms with E-state index in [0.717, 1.165) is 23.4 Å². The van der Waals surface area contributed by atoms with E-state index in [0.29, 0.717) is 0 Å². The lowest BCUT2D eigenvalue weighted by atomic mass is 10.1. The summed E-state index contributed by atoms with van der Waals surface area (Å²) in [5.41, 5.74) is 4.89. The van der Waals surface area contributed by atoms with Crippen LogP contribution >= 0.6 is 11.6 Å². The van der Waals surface area contributed by atoms with Crippen molar-refractivity contribution in [1.82, 2.24) is 0 Å². The van der Waals surface area contributed by atoms with Crippen LogP contribution in [0.15, 0.2) is 48.0 Å². The van der Waals surface area contributed by atoms with Gasteiger partial charge in [0.15, 0.2) is 0 Å². The normalized spacial score (nSPS) is 16.0. The highest BCUT2D eigenvalue weighted by molar-refractivity contribution is 6.31. The molecule has 0 radical (unpaired) electrons. The van der Waals surface area contributed by atoms with Crippen LogP contribution in [0.1, 0.15) is 16.7 Å². The van der Waals surface area contributed by atoms with Gasteiger partial charge < -0.3 is 0 Å². The van der Waals surface area contributed by atoms with Crippen LogP contribution in [0.2, 0.25) is 5.02 Å². The first-order valence-electron chi connectivity index (χ1n) is 5.93. The molecule has 18 heavy (non-hydrogen) atoms. The van der Waals surface area contributed by atoms with E-state index in [-0.39, 0.29) is 5.82 Å². The van der Waals surface area contributed by atoms with Crippen molar-refractivity contribution in [3.63, 3.8) is 0 Å². The molecule has 0 amide bonds. The number of hydrogen-bond acceptors (Lipinski definition) is 0. The molecule has 0 atom stereocenters. The second kappa shape index (κ2) is 4.58. The minimum atomic E-state index is -0.199. The van der Waals surface area contributed by atoms with E-state index in [1.54, 1.807) is 12.1 Å². The molecule has 0 N–H and O–H groups in total. The lowest BCUT2D eigenvalue weighted by Gasteiger charge is -1.98. The molecule has 0 aromatic heterocycles. The smallest absolute Gasteiger partial charge is 0.123 e. The first-order valence-corrected chi connectivity index (χ1v) is 6.31. The zero-order valence-corrected chi connectivity index (χ0v) is 10.5. The van der Waals surface area contributed by atoms with Gasteiger partial charge in [0.05, 0.1) is 0 Å². The fraction of sp³-hybridized carbons (Fsp3) is 0.125. The Morgan fingerprint density at radius 1 is 1.00 bits per heavy atom. The highest BCUT2D eigenvalue weighted by atomic mass is 35.5. The number of rotatable bonds is 1.